The first-order valence-corrected chi connectivity index (χ1v) is 7.69. The number of pyridine rings is 1. The molecule has 2 N–H and O–H groups in total. The van der Waals surface area contributed by atoms with E-state index in [0.29, 0.717) is 0 Å². The van der Waals surface area contributed by atoms with Gasteiger partial charge in [0.1, 0.15) is 11.4 Å². The van der Waals surface area contributed by atoms with Crippen LogP contribution in [0.5, 0.6) is 0 Å². The maximum Gasteiger partial charge on any atom is 0.274 e. The average molecular weight is 309 g/mol. The van der Waals surface area contributed by atoms with Crippen molar-refractivity contribution >= 4 is 17.5 Å². The van der Waals surface area contributed by atoms with E-state index in [1.165, 1.54) is 0 Å². The van der Waals surface area contributed by atoms with Gasteiger partial charge in [0, 0.05) is 11.7 Å². The van der Waals surface area contributed by atoms with Crippen LogP contribution in [0.4, 0.5) is 5.69 Å². The Morgan fingerprint density at radius 2 is 1.61 bits per heavy atom. The van der Waals surface area contributed by atoms with Crippen molar-refractivity contribution < 1.29 is 9.59 Å². The van der Waals surface area contributed by atoms with Crippen LogP contribution >= 0.6 is 0 Å². The topological polar surface area (TPSA) is 71.1 Å². The van der Waals surface area contributed by atoms with Gasteiger partial charge in [-0.15, -0.1) is 0 Å². The maximum atomic E-state index is 12.3. The molecule has 0 spiro atoms. The number of aromatic nitrogens is 1. The standard InChI is InChI=1S/C18H19N3O2/c1-11-8-12(2)10-14(9-11)20-18(23)16-5-3-4-15(21-16)17(22)19-13-6-7-13/h3-5,8-10,13H,6-7H2,1-2H3,(H,19,22)(H,20,23). The van der Waals surface area contributed by atoms with Gasteiger partial charge in [0.2, 0.25) is 0 Å². The van der Waals surface area contributed by atoms with E-state index in [9.17, 15) is 9.59 Å². The van der Waals surface area contributed by atoms with Crippen molar-refractivity contribution in [2.75, 3.05) is 5.32 Å². The molecule has 2 amide bonds. The predicted octanol–water partition coefficient (Wildman–Crippen LogP) is 2.84. The quantitative estimate of drug-likeness (QED) is 0.912. The molecule has 0 aliphatic heterocycles. The van der Waals surface area contributed by atoms with Crippen LogP contribution in [0, 0.1) is 13.8 Å². The summed E-state index contributed by atoms with van der Waals surface area (Å²) in [6.07, 6.45) is 2.03. The van der Waals surface area contributed by atoms with Crippen LogP contribution in [0.25, 0.3) is 0 Å². The number of rotatable bonds is 4. The Hall–Kier alpha value is -2.69. The van der Waals surface area contributed by atoms with Gasteiger partial charge in [-0.2, -0.15) is 0 Å². The van der Waals surface area contributed by atoms with Crippen molar-refractivity contribution in [2.24, 2.45) is 0 Å². The van der Waals surface area contributed by atoms with Gasteiger partial charge in [-0.1, -0.05) is 12.1 Å². The van der Waals surface area contributed by atoms with E-state index in [0.717, 1.165) is 29.7 Å². The van der Waals surface area contributed by atoms with Crippen molar-refractivity contribution in [3.8, 4) is 0 Å². The largest absolute Gasteiger partial charge is 0.348 e. The highest BCUT2D eigenvalue weighted by Crippen LogP contribution is 2.19. The zero-order chi connectivity index (χ0) is 16.4. The lowest BCUT2D eigenvalue weighted by Crippen LogP contribution is -2.27. The van der Waals surface area contributed by atoms with E-state index >= 15 is 0 Å². The van der Waals surface area contributed by atoms with Gasteiger partial charge in [-0.25, -0.2) is 4.98 Å². The number of carbonyl (C=O) groups excluding carboxylic acids is 2. The fourth-order valence-corrected chi connectivity index (χ4v) is 2.42. The summed E-state index contributed by atoms with van der Waals surface area (Å²) < 4.78 is 0. The second-order valence-electron chi connectivity index (χ2n) is 5.99. The molecule has 1 aliphatic carbocycles. The third kappa shape index (κ3) is 3.94. The first-order valence-electron chi connectivity index (χ1n) is 7.69. The van der Waals surface area contributed by atoms with Gasteiger partial charge >= 0.3 is 0 Å². The smallest absolute Gasteiger partial charge is 0.274 e. The molecule has 1 fully saturated rings. The first-order chi connectivity index (χ1) is 11.0. The van der Waals surface area contributed by atoms with E-state index < -0.39 is 0 Å². The number of benzene rings is 1. The van der Waals surface area contributed by atoms with Gasteiger partial charge in [0.05, 0.1) is 0 Å². The number of hydrogen-bond acceptors (Lipinski definition) is 3. The second kappa shape index (κ2) is 6.20. The number of carbonyl (C=O) groups is 2. The third-order valence-electron chi connectivity index (χ3n) is 3.61. The first kappa shape index (κ1) is 15.2. The highest BCUT2D eigenvalue weighted by molar-refractivity contribution is 6.04. The lowest BCUT2D eigenvalue weighted by Gasteiger charge is -2.08. The minimum atomic E-state index is -0.323. The molecule has 23 heavy (non-hydrogen) atoms. The van der Waals surface area contributed by atoms with Gasteiger partial charge in [0.25, 0.3) is 11.8 Å². The molecule has 5 nitrogen and oxygen atoms in total. The monoisotopic (exact) mass is 309 g/mol. The van der Waals surface area contributed by atoms with Crippen LogP contribution in [0.3, 0.4) is 0 Å². The summed E-state index contributed by atoms with van der Waals surface area (Å²) in [5.74, 6) is -0.551. The third-order valence-corrected chi connectivity index (χ3v) is 3.61. The number of aryl methyl sites for hydroxylation is 2. The second-order valence-corrected chi connectivity index (χ2v) is 5.99. The minimum Gasteiger partial charge on any atom is -0.348 e. The predicted molar refractivity (Wildman–Crippen MR) is 88.6 cm³/mol. The molecule has 1 aromatic carbocycles. The molecule has 0 radical (unpaired) electrons. The molecule has 0 unspecified atom stereocenters. The minimum absolute atomic E-state index is 0.228. The molecule has 5 heteroatoms. The van der Waals surface area contributed by atoms with Gasteiger partial charge in [0.15, 0.2) is 0 Å². The van der Waals surface area contributed by atoms with E-state index in [1.807, 2.05) is 32.0 Å². The lowest BCUT2D eigenvalue weighted by molar-refractivity contribution is 0.0946. The van der Waals surface area contributed by atoms with Crippen LogP contribution in [-0.2, 0) is 0 Å². The average Bonchev–Trinajstić information content (AvgIpc) is 3.30. The highest BCUT2D eigenvalue weighted by Gasteiger charge is 2.24. The number of nitrogens with one attached hydrogen (secondary N) is 2. The fraction of sp³-hybridized carbons (Fsp3) is 0.278. The molecule has 0 bridgehead atoms. The molecule has 1 saturated carbocycles. The number of hydrogen-bond donors (Lipinski definition) is 2. The highest BCUT2D eigenvalue weighted by atomic mass is 16.2. The summed E-state index contributed by atoms with van der Waals surface area (Å²) in [6, 6.07) is 11.0. The van der Waals surface area contributed by atoms with Gasteiger partial charge in [-0.3, -0.25) is 9.59 Å². The van der Waals surface area contributed by atoms with Crippen LogP contribution < -0.4 is 10.6 Å². The summed E-state index contributed by atoms with van der Waals surface area (Å²) >= 11 is 0. The number of anilines is 1. The molecule has 2 aromatic rings. The molecular weight excluding hydrogens is 290 g/mol. The molecule has 3 rings (SSSR count). The van der Waals surface area contributed by atoms with Crippen LogP contribution in [0.15, 0.2) is 36.4 Å². The molecule has 0 atom stereocenters. The Kier molecular flexibility index (Phi) is 4.10. The van der Waals surface area contributed by atoms with Crippen molar-refractivity contribution in [3.63, 3.8) is 0 Å². The van der Waals surface area contributed by atoms with Crippen LogP contribution in [-0.4, -0.2) is 22.8 Å². The molecule has 1 aromatic heterocycles. The Bertz CT molecular complexity index is 746. The zero-order valence-corrected chi connectivity index (χ0v) is 13.2. The molecule has 118 valence electrons. The van der Waals surface area contributed by atoms with Gasteiger partial charge in [-0.05, 0) is 62.1 Å². The molecule has 1 aliphatic rings. The van der Waals surface area contributed by atoms with E-state index in [2.05, 4.69) is 15.6 Å². The summed E-state index contributed by atoms with van der Waals surface area (Å²) in [5, 5.41) is 5.69. The summed E-state index contributed by atoms with van der Waals surface area (Å²) in [4.78, 5) is 28.5. The van der Waals surface area contributed by atoms with Crippen molar-refractivity contribution in [2.45, 2.75) is 32.7 Å². The summed E-state index contributed by atoms with van der Waals surface area (Å²) in [5.41, 5.74) is 3.37. The normalized spacial score (nSPS) is 13.5. The number of amides is 2. The Morgan fingerprint density at radius 1 is 1.00 bits per heavy atom. The lowest BCUT2D eigenvalue weighted by atomic mass is 10.1. The maximum absolute atomic E-state index is 12.3. The van der Waals surface area contributed by atoms with Crippen LogP contribution in [0.2, 0.25) is 0 Å². The molecular formula is C18H19N3O2. The Labute approximate surface area is 135 Å². The number of nitrogens with zero attached hydrogens (tertiary/aromatic N) is 1. The van der Waals surface area contributed by atoms with Gasteiger partial charge < -0.3 is 10.6 Å². The molecule has 0 saturated heterocycles. The summed E-state index contributed by atoms with van der Waals surface area (Å²) in [6.45, 7) is 3.95. The van der Waals surface area contributed by atoms with E-state index in [4.69, 9.17) is 0 Å². The fourth-order valence-electron chi connectivity index (χ4n) is 2.42. The molecule has 1 heterocycles. The van der Waals surface area contributed by atoms with E-state index in [-0.39, 0.29) is 29.2 Å². The SMILES string of the molecule is Cc1cc(C)cc(NC(=O)c2cccc(C(=O)NC3CC3)n2)c1. The summed E-state index contributed by atoms with van der Waals surface area (Å²) in [7, 11) is 0. The van der Waals surface area contributed by atoms with Crippen molar-refractivity contribution in [3.05, 3.63) is 58.9 Å². The van der Waals surface area contributed by atoms with Crippen molar-refractivity contribution in [1.82, 2.24) is 10.3 Å². The van der Waals surface area contributed by atoms with E-state index in [1.54, 1.807) is 18.2 Å². The zero-order valence-electron chi connectivity index (χ0n) is 13.2. The van der Waals surface area contributed by atoms with Crippen molar-refractivity contribution in [1.29, 1.82) is 0 Å². The Balaban J connectivity index is 1.75. The van der Waals surface area contributed by atoms with Crippen LogP contribution in [0.1, 0.15) is 44.9 Å². The Morgan fingerprint density at radius 3 is 2.22 bits per heavy atom.